The molecule has 1 aliphatic rings. The topological polar surface area (TPSA) is 89.3 Å². The molecule has 2 aromatic rings. The van der Waals surface area contributed by atoms with Crippen molar-refractivity contribution in [3.63, 3.8) is 0 Å². The van der Waals surface area contributed by atoms with Gasteiger partial charge < -0.3 is 5.32 Å². The van der Waals surface area contributed by atoms with Gasteiger partial charge in [0.15, 0.2) is 5.43 Å². The summed E-state index contributed by atoms with van der Waals surface area (Å²) >= 11 is 1.62. The Kier molecular flexibility index (Phi) is 5.13. The molecule has 0 saturated carbocycles. The quantitative estimate of drug-likeness (QED) is 0.654. The number of amides is 1. The third-order valence-electron chi connectivity index (χ3n) is 4.73. The zero-order chi connectivity index (χ0) is 18.0. The summed E-state index contributed by atoms with van der Waals surface area (Å²) in [5.74, 6) is 0.234. The maximum Gasteiger partial charge on any atom is 0.230 e. The predicted octanol–water partition coefficient (Wildman–Crippen LogP) is 3.38. The molecule has 1 aromatic heterocycles. The molecule has 1 unspecified atom stereocenters. The highest BCUT2D eigenvalue weighted by molar-refractivity contribution is 7.18. The van der Waals surface area contributed by atoms with Crippen molar-refractivity contribution in [1.29, 1.82) is 0 Å². The molecule has 7 heteroatoms. The summed E-state index contributed by atoms with van der Waals surface area (Å²) in [4.78, 5) is 35.5. The van der Waals surface area contributed by atoms with Gasteiger partial charge >= 0.3 is 0 Å². The lowest BCUT2D eigenvalue weighted by Gasteiger charge is -2.22. The molecule has 0 spiro atoms. The van der Waals surface area contributed by atoms with Crippen molar-refractivity contribution in [3.05, 3.63) is 49.0 Å². The first kappa shape index (κ1) is 17.5. The third kappa shape index (κ3) is 3.87. The summed E-state index contributed by atoms with van der Waals surface area (Å²) < 4.78 is 0.854. The number of nitro groups is 1. The van der Waals surface area contributed by atoms with Crippen LogP contribution in [0, 0.1) is 16.0 Å². The largest absolute Gasteiger partial charge is 0.326 e. The van der Waals surface area contributed by atoms with Crippen molar-refractivity contribution in [3.8, 4) is 0 Å². The molecule has 0 saturated heterocycles. The monoisotopic (exact) mass is 360 g/mol. The average molecular weight is 360 g/mol. The van der Waals surface area contributed by atoms with Gasteiger partial charge in [0, 0.05) is 31.1 Å². The van der Waals surface area contributed by atoms with Gasteiger partial charge in [-0.05, 0) is 43.4 Å². The van der Waals surface area contributed by atoms with E-state index in [-0.39, 0.29) is 11.8 Å². The van der Waals surface area contributed by atoms with Gasteiger partial charge in [-0.2, -0.15) is 0 Å². The summed E-state index contributed by atoms with van der Waals surface area (Å²) in [6, 6.07) is 5.22. The fourth-order valence-electron chi connectivity index (χ4n) is 3.25. The van der Waals surface area contributed by atoms with E-state index >= 15 is 0 Å². The van der Waals surface area contributed by atoms with Gasteiger partial charge in [-0.25, -0.2) is 0 Å². The standard InChI is InChI=1S/C18H20N2O4S/c1-2-11-3-5-13-15(9-11)25-16-10-12(4-6-14(16)18(13)22)19-17(21)7-8-20(23)24/h4,6,10-11H,2-3,5,7-9H2,1H3,(H,19,21). The van der Waals surface area contributed by atoms with Gasteiger partial charge in [0.25, 0.3) is 0 Å². The number of rotatable bonds is 5. The van der Waals surface area contributed by atoms with Gasteiger partial charge in [-0.1, -0.05) is 13.3 Å². The summed E-state index contributed by atoms with van der Waals surface area (Å²) in [7, 11) is 0. The van der Waals surface area contributed by atoms with E-state index in [1.54, 1.807) is 29.5 Å². The van der Waals surface area contributed by atoms with E-state index in [1.165, 1.54) is 0 Å². The number of hydrogen-bond donors (Lipinski definition) is 1. The van der Waals surface area contributed by atoms with Gasteiger partial charge in [-0.15, -0.1) is 11.3 Å². The summed E-state index contributed by atoms with van der Waals surface area (Å²) in [6.45, 7) is 1.79. The molecule has 0 fully saturated rings. The molecule has 1 aromatic carbocycles. The predicted molar refractivity (Wildman–Crippen MR) is 99.0 cm³/mol. The lowest BCUT2D eigenvalue weighted by molar-refractivity contribution is -0.478. The van der Waals surface area contributed by atoms with E-state index in [4.69, 9.17) is 0 Å². The molecule has 1 heterocycles. The van der Waals surface area contributed by atoms with E-state index in [0.717, 1.165) is 40.8 Å². The van der Waals surface area contributed by atoms with Crippen LogP contribution in [0.1, 0.15) is 36.6 Å². The van der Waals surface area contributed by atoms with Crippen molar-refractivity contribution < 1.29 is 9.72 Å². The van der Waals surface area contributed by atoms with E-state index in [2.05, 4.69) is 12.2 Å². The van der Waals surface area contributed by atoms with Crippen LogP contribution in [0.2, 0.25) is 0 Å². The zero-order valence-electron chi connectivity index (χ0n) is 14.0. The number of hydrogen-bond acceptors (Lipinski definition) is 5. The lowest BCUT2D eigenvalue weighted by atomic mass is 9.87. The van der Waals surface area contributed by atoms with Crippen LogP contribution in [0.3, 0.4) is 0 Å². The second kappa shape index (κ2) is 7.31. The number of carbonyl (C=O) groups excluding carboxylic acids is 1. The Hall–Kier alpha value is -2.28. The first-order valence-corrected chi connectivity index (χ1v) is 9.29. The normalized spacial score (nSPS) is 16.4. The Morgan fingerprint density at radius 2 is 2.24 bits per heavy atom. The van der Waals surface area contributed by atoms with Gasteiger partial charge in [0.05, 0.1) is 6.42 Å². The highest BCUT2D eigenvalue weighted by Crippen LogP contribution is 2.32. The van der Waals surface area contributed by atoms with Gasteiger partial charge in [0.2, 0.25) is 12.5 Å². The smallest absolute Gasteiger partial charge is 0.230 e. The van der Waals surface area contributed by atoms with Crippen molar-refractivity contribution in [2.24, 2.45) is 5.92 Å². The minimum Gasteiger partial charge on any atom is -0.326 e. The van der Waals surface area contributed by atoms with E-state index in [1.807, 2.05) is 0 Å². The van der Waals surface area contributed by atoms with E-state index < -0.39 is 17.4 Å². The maximum absolute atomic E-state index is 12.7. The Labute approximate surface area is 149 Å². The fraction of sp³-hybridized carbons (Fsp3) is 0.444. The summed E-state index contributed by atoms with van der Waals surface area (Å²) in [6.07, 6.45) is 3.82. The SMILES string of the molecule is CCC1CCc2c(sc3cc(NC(=O)CC[N+](=O)[O-])ccc3c2=O)C1. The Morgan fingerprint density at radius 1 is 1.44 bits per heavy atom. The molecule has 0 bridgehead atoms. The van der Waals surface area contributed by atoms with Gasteiger partial charge in [0.1, 0.15) is 0 Å². The van der Waals surface area contributed by atoms with E-state index in [9.17, 15) is 19.7 Å². The van der Waals surface area contributed by atoms with Crippen molar-refractivity contribution >= 4 is 33.0 Å². The Morgan fingerprint density at radius 3 is 2.96 bits per heavy atom. The minimum atomic E-state index is -0.512. The van der Waals surface area contributed by atoms with Gasteiger partial charge in [-0.3, -0.25) is 19.7 Å². The molecular formula is C18H20N2O4S. The van der Waals surface area contributed by atoms with Crippen LogP contribution in [0.5, 0.6) is 0 Å². The molecule has 1 N–H and O–H groups in total. The van der Waals surface area contributed by atoms with Crippen molar-refractivity contribution in [2.75, 3.05) is 11.9 Å². The van der Waals surface area contributed by atoms with Crippen LogP contribution in [0.4, 0.5) is 5.69 Å². The highest BCUT2D eigenvalue weighted by atomic mass is 32.1. The van der Waals surface area contributed by atoms with Crippen LogP contribution in [0.15, 0.2) is 23.0 Å². The molecule has 3 rings (SSSR count). The number of carbonyl (C=O) groups is 1. The molecule has 1 aliphatic carbocycles. The molecule has 132 valence electrons. The minimum absolute atomic E-state index is 0.101. The average Bonchev–Trinajstić information content (AvgIpc) is 2.59. The van der Waals surface area contributed by atoms with Crippen LogP contribution in [-0.4, -0.2) is 17.4 Å². The second-order valence-electron chi connectivity index (χ2n) is 6.42. The number of fused-ring (bicyclic) bond motifs is 2. The van der Waals surface area contributed by atoms with Crippen LogP contribution >= 0.6 is 11.3 Å². The Bertz CT molecular complexity index is 891. The first-order valence-electron chi connectivity index (χ1n) is 8.48. The van der Waals surface area contributed by atoms with Crippen LogP contribution < -0.4 is 10.7 Å². The first-order chi connectivity index (χ1) is 12.0. The molecular weight excluding hydrogens is 340 g/mol. The Balaban J connectivity index is 1.88. The lowest BCUT2D eigenvalue weighted by Crippen LogP contribution is -2.20. The number of nitrogens with one attached hydrogen (secondary N) is 1. The zero-order valence-corrected chi connectivity index (χ0v) is 14.9. The maximum atomic E-state index is 12.7. The number of benzene rings is 1. The fourth-order valence-corrected chi connectivity index (χ4v) is 4.61. The van der Waals surface area contributed by atoms with Crippen LogP contribution in [0.25, 0.3) is 10.1 Å². The second-order valence-corrected chi connectivity index (χ2v) is 7.55. The summed E-state index contributed by atoms with van der Waals surface area (Å²) in [5.41, 5.74) is 1.62. The summed E-state index contributed by atoms with van der Waals surface area (Å²) in [5, 5.41) is 13.7. The molecule has 1 amide bonds. The molecule has 1 atom stereocenters. The van der Waals surface area contributed by atoms with E-state index in [0.29, 0.717) is 17.0 Å². The van der Waals surface area contributed by atoms with Crippen LogP contribution in [-0.2, 0) is 17.6 Å². The van der Waals surface area contributed by atoms with Crippen molar-refractivity contribution in [2.45, 2.75) is 39.0 Å². The molecule has 0 aliphatic heterocycles. The molecule has 25 heavy (non-hydrogen) atoms. The highest BCUT2D eigenvalue weighted by Gasteiger charge is 2.22. The third-order valence-corrected chi connectivity index (χ3v) is 5.95. The number of anilines is 1. The number of nitrogens with zero attached hydrogens (tertiary/aromatic N) is 1. The molecule has 0 radical (unpaired) electrons. The molecule has 6 nitrogen and oxygen atoms in total. The van der Waals surface area contributed by atoms with Crippen molar-refractivity contribution in [1.82, 2.24) is 0 Å².